The van der Waals surface area contributed by atoms with Crippen LogP contribution in [0.4, 0.5) is 5.69 Å². The summed E-state index contributed by atoms with van der Waals surface area (Å²) < 4.78 is 24.9. The van der Waals surface area contributed by atoms with Crippen molar-refractivity contribution in [3.8, 4) is 0 Å². The molecule has 1 aliphatic rings. The Hall–Kier alpha value is -2.18. The molecule has 3 rings (SSSR count). The third-order valence-corrected chi connectivity index (χ3v) is 6.34. The number of carbonyl (C=O) groups is 1. The maximum atomic E-state index is 13.3. The Morgan fingerprint density at radius 1 is 1.07 bits per heavy atom. The van der Waals surface area contributed by atoms with Crippen molar-refractivity contribution in [3.63, 3.8) is 0 Å². The van der Waals surface area contributed by atoms with E-state index < -0.39 is 10.0 Å². The number of sulfonamides is 1. The molecular formula is C21H26N2O3S. The van der Waals surface area contributed by atoms with Gasteiger partial charge in [-0.15, -0.1) is 0 Å². The van der Waals surface area contributed by atoms with E-state index >= 15 is 0 Å². The van der Waals surface area contributed by atoms with E-state index in [1.807, 2.05) is 66.4 Å². The molecule has 0 aromatic heterocycles. The van der Waals surface area contributed by atoms with Crippen LogP contribution in [0.15, 0.2) is 54.6 Å². The number of benzene rings is 2. The monoisotopic (exact) mass is 386 g/mol. The molecule has 0 N–H and O–H groups in total. The van der Waals surface area contributed by atoms with Gasteiger partial charge in [0.25, 0.3) is 0 Å². The fourth-order valence-electron chi connectivity index (χ4n) is 3.51. The maximum Gasteiger partial charge on any atom is 0.230 e. The zero-order chi connectivity index (χ0) is 19.4. The van der Waals surface area contributed by atoms with Gasteiger partial charge in [0, 0.05) is 24.7 Å². The van der Waals surface area contributed by atoms with Gasteiger partial charge < -0.3 is 4.90 Å². The summed E-state index contributed by atoms with van der Waals surface area (Å²) in [6.45, 7) is 3.33. The molecule has 1 amide bonds. The first-order chi connectivity index (χ1) is 12.8. The molecule has 0 bridgehead atoms. The van der Waals surface area contributed by atoms with Crippen LogP contribution < -0.4 is 4.90 Å². The van der Waals surface area contributed by atoms with E-state index in [9.17, 15) is 13.2 Å². The Labute approximate surface area is 161 Å². The summed E-state index contributed by atoms with van der Waals surface area (Å²) in [6.07, 6.45) is 2.34. The number of aryl methyl sites for hydroxylation is 1. The fourth-order valence-corrected chi connectivity index (χ4v) is 4.39. The first-order valence-corrected chi connectivity index (χ1v) is 11.1. The molecule has 0 spiro atoms. The van der Waals surface area contributed by atoms with Crippen LogP contribution in [0.1, 0.15) is 24.0 Å². The fraction of sp³-hybridized carbons (Fsp3) is 0.381. The van der Waals surface area contributed by atoms with Gasteiger partial charge in [0.1, 0.15) is 0 Å². The van der Waals surface area contributed by atoms with Gasteiger partial charge in [-0.2, -0.15) is 0 Å². The number of nitrogens with zero attached hydrogens (tertiary/aromatic N) is 2. The van der Waals surface area contributed by atoms with Crippen molar-refractivity contribution < 1.29 is 13.2 Å². The van der Waals surface area contributed by atoms with E-state index in [1.54, 1.807) is 0 Å². The van der Waals surface area contributed by atoms with E-state index in [1.165, 1.54) is 10.6 Å². The van der Waals surface area contributed by atoms with E-state index in [0.29, 0.717) is 32.5 Å². The molecule has 5 nitrogen and oxygen atoms in total. The van der Waals surface area contributed by atoms with Crippen molar-refractivity contribution in [2.45, 2.75) is 26.3 Å². The van der Waals surface area contributed by atoms with Crippen molar-refractivity contribution >= 4 is 21.6 Å². The number of hydrogen-bond acceptors (Lipinski definition) is 3. The highest BCUT2D eigenvalue weighted by Crippen LogP contribution is 2.26. The largest absolute Gasteiger partial charge is 0.308 e. The third kappa shape index (κ3) is 4.96. The van der Waals surface area contributed by atoms with Crippen LogP contribution in [0.5, 0.6) is 0 Å². The Kier molecular flexibility index (Phi) is 5.97. The second-order valence-corrected chi connectivity index (χ2v) is 9.17. The number of amides is 1. The summed E-state index contributed by atoms with van der Waals surface area (Å²) in [5.41, 5.74) is 3.06. The Bertz CT molecular complexity index is 889. The number of carbonyl (C=O) groups excluding carboxylic acids is 1. The molecule has 0 unspecified atom stereocenters. The molecule has 2 aromatic rings. The summed E-state index contributed by atoms with van der Waals surface area (Å²) in [5.74, 6) is -0.0928. The van der Waals surface area contributed by atoms with Crippen LogP contribution in [0.25, 0.3) is 0 Å². The number of piperidine rings is 1. The van der Waals surface area contributed by atoms with Crippen LogP contribution in [-0.4, -0.2) is 38.0 Å². The molecular weight excluding hydrogens is 360 g/mol. The highest BCUT2D eigenvalue weighted by Gasteiger charge is 2.32. The summed E-state index contributed by atoms with van der Waals surface area (Å²) in [6, 6.07) is 17.9. The Morgan fingerprint density at radius 3 is 2.33 bits per heavy atom. The lowest BCUT2D eigenvalue weighted by atomic mass is 9.96. The molecule has 27 heavy (non-hydrogen) atoms. The standard InChI is InChI=1S/C21H26N2O3S/c1-17-7-6-10-20(15-17)23(16-18-8-4-3-5-9-18)21(24)19-11-13-22(14-12-19)27(2,25)26/h3-10,15,19H,11-14,16H2,1-2H3. The first-order valence-electron chi connectivity index (χ1n) is 9.21. The van der Waals surface area contributed by atoms with Gasteiger partial charge in [0.15, 0.2) is 0 Å². The smallest absolute Gasteiger partial charge is 0.230 e. The summed E-state index contributed by atoms with van der Waals surface area (Å²) in [7, 11) is -3.19. The molecule has 144 valence electrons. The topological polar surface area (TPSA) is 57.7 Å². The van der Waals surface area contributed by atoms with E-state index in [4.69, 9.17) is 0 Å². The first kappa shape index (κ1) is 19.6. The Balaban J connectivity index is 1.81. The molecule has 0 atom stereocenters. The highest BCUT2D eigenvalue weighted by molar-refractivity contribution is 7.88. The van der Waals surface area contributed by atoms with Crippen LogP contribution >= 0.6 is 0 Å². The van der Waals surface area contributed by atoms with Crippen LogP contribution in [-0.2, 0) is 21.4 Å². The second-order valence-electron chi connectivity index (χ2n) is 7.19. The minimum absolute atomic E-state index is 0.0672. The zero-order valence-corrected chi connectivity index (χ0v) is 16.7. The van der Waals surface area contributed by atoms with E-state index in [2.05, 4.69) is 0 Å². The summed E-state index contributed by atoms with van der Waals surface area (Å²) in [5, 5.41) is 0. The van der Waals surface area contributed by atoms with Crippen molar-refractivity contribution in [1.29, 1.82) is 0 Å². The number of rotatable bonds is 5. The van der Waals surface area contributed by atoms with Gasteiger partial charge in [0.2, 0.25) is 15.9 Å². The van der Waals surface area contributed by atoms with E-state index in [-0.39, 0.29) is 11.8 Å². The number of anilines is 1. The van der Waals surface area contributed by atoms with Crippen molar-refractivity contribution in [2.75, 3.05) is 24.2 Å². The van der Waals surface area contributed by atoms with Gasteiger partial charge in [-0.3, -0.25) is 4.79 Å². The average Bonchev–Trinajstić information content (AvgIpc) is 2.66. The van der Waals surface area contributed by atoms with Crippen molar-refractivity contribution in [1.82, 2.24) is 4.31 Å². The van der Waals surface area contributed by atoms with Crippen molar-refractivity contribution in [3.05, 3.63) is 65.7 Å². The molecule has 0 radical (unpaired) electrons. The molecule has 6 heteroatoms. The van der Waals surface area contributed by atoms with Crippen molar-refractivity contribution in [2.24, 2.45) is 5.92 Å². The molecule has 0 saturated carbocycles. The van der Waals surface area contributed by atoms with Crippen LogP contribution in [0, 0.1) is 12.8 Å². The summed E-state index contributed by atoms with van der Waals surface area (Å²) >= 11 is 0. The molecule has 1 saturated heterocycles. The predicted octanol–water partition coefficient (Wildman–Crippen LogP) is 3.20. The average molecular weight is 387 g/mol. The van der Waals surface area contributed by atoms with Gasteiger partial charge in [0.05, 0.1) is 12.8 Å². The van der Waals surface area contributed by atoms with Gasteiger partial charge in [-0.25, -0.2) is 12.7 Å². The molecule has 1 fully saturated rings. The SMILES string of the molecule is Cc1cccc(N(Cc2ccccc2)C(=O)C2CCN(S(C)(=O)=O)CC2)c1. The quantitative estimate of drug-likeness (QED) is 0.793. The van der Waals surface area contributed by atoms with E-state index in [0.717, 1.165) is 16.8 Å². The van der Waals surface area contributed by atoms with Gasteiger partial charge in [-0.1, -0.05) is 42.5 Å². The molecule has 1 heterocycles. The number of hydrogen-bond donors (Lipinski definition) is 0. The molecule has 0 aliphatic carbocycles. The third-order valence-electron chi connectivity index (χ3n) is 5.04. The maximum absolute atomic E-state index is 13.3. The van der Waals surface area contributed by atoms with Crippen LogP contribution in [0.3, 0.4) is 0 Å². The highest BCUT2D eigenvalue weighted by atomic mass is 32.2. The molecule has 2 aromatic carbocycles. The zero-order valence-electron chi connectivity index (χ0n) is 15.8. The minimum Gasteiger partial charge on any atom is -0.308 e. The Morgan fingerprint density at radius 2 is 1.74 bits per heavy atom. The summed E-state index contributed by atoms with van der Waals surface area (Å²) in [4.78, 5) is 15.2. The lowest BCUT2D eigenvalue weighted by Gasteiger charge is -2.33. The predicted molar refractivity (Wildman–Crippen MR) is 108 cm³/mol. The van der Waals surface area contributed by atoms with Gasteiger partial charge >= 0.3 is 0 Å². The normalized spacial score (nSPS) is 16.2. The lowest BCUT2D eigenvalue weighted by molar-refractivity contribution is -0.123. The molecule has 1 aliphatic heterocycles. The minimum atomic E-state index is -3.19. The van der Waals surface area contributed by atoms with Crippen LogP contribution in [0.2, 0.25) is 0 Å². The second kappa shape index (κ2) is 8.23. The lowest BCUT2D eigenvalue weighted by Crippen LogP contribution is -2.44. The van der Waals surface area contributed by atoms with Gasteiger partial charge in [-0.05, 0) is 43.0 Å².